The number of hydrogen-bond donors (Lipinski definition) is 0. The summed E-state index contributed by atoms with van der Waals surface area (Å²) in [6.07, 6.45) is 2.02. The molecule has 0 amide bonds. The molecule has 1 fully saturated rings. The zero-order valence-corrected chi connectivity index (χ0v) is 10.1. The van der Waals surface area contributed by atoms with E-state index in [1.165, 1.54) is 0 Å². The first kappa shape index (κ1) is 12.1. The van der Waals surface area contributed by atoms with Gasteiger partial charge in [0, 0.05) is 5.75 Å². The molecule has 1 heterocycles. The molecule has 1 aliphatic rings. The molecule has 2 nitrogen and oxygen atoms in total. The van der Waals surface area contributed by atoms with Crippen LogP contribution in [0.4, 0.5) is 0 Å². The van der Waals surface area contributed by atoms with E-state index in [9.17, 15) is 0 Å². The number of thioether (sulfide) groups is 1. The lowest BCUT2D eigenvalue weighted by Gasteiger charge is -2.25. The van der Waals surface area contributed by atoms with Crippen LogP contribution in [0.15, 0.2) is 12.7 Å². The average Bonchev–Trinajstić information content (AvgIpc) is 2.52. The smallest absolute Gasteiger partial charge is 0.108 e. The van der Waals surface area contributed by atoms with Gasteiger partial charge in [-0.05, 0) is 5.41 Å². The molecule has 1 saturated heterocycles. The average molecular weight is 216 g/mol. The third kappa shape index (κ3) is 3.64. The molecule has 0 aromatic rings. The minimum Gasteiger partial charge on any atom is -0.375 e. The first-order valence-electron chi connectivity index (χ1n) is 4.99. The van der Waals surface area contributed by atoms with Gasteiger partial charge in [0.25, 0.3) is 0 Å². The molecule has 0 aliphatic carbocycles. The van der Waals surface area contributed by atoms with E-state index >= 15 is 0 Å². The zero-order chi connectivity index (χ0) is 10.6. The quantitative estimate of drug-likeness (QED) is 0.532. The number of hydrogen-bond acceptors (Lipinski definition) is 3. The summed E-state index contributed by atoms with van der Waals surface area (Å²) in [5.41, 5.74) is 0.525. The van der Waals surface area contributed by atoms with Crippen molar-refractivity contribution < 1.29 is 9.47 Å². The molecule has 0 N–H and O–H groups in total. The summed E-state index contributed by atoms with van der Waals surface area (Å²) in [5.74, 6) is 1.04. The summed E-state index contributed by atoms with van der Waals surface area (Å²) in [7, 11) is 0. The largest absolute Gasteiger partial charge is 0.375 e. The molecule has 14 heavy (non-hydrogen) atoms. The van der Waals surface area contributed by atoms with Gasteiger partial charge >= 0.3 is 0 Å². The van der Waals surface area contributed by atoms with Crippen LogP contribution in [0.25, 0.3) is 0 Å². The SMILES string of the molecule is C=CCOCC1CSC(C(C)(C)C)O1. The minimum atomic E-state index is 0.220. The van der Waals surface area contributed by atoms with Gasteiger partial charge < -0.3 is 9.47 Å². The van der Waals surface area contributed by atoms with Crippen LogP contribution in [0.5, 0.6) is 0 Å². The highest BCUT2D eigenvalue weighted by molar-refractivity contribution is 8.00. The highest BCUT2D eigenvalue weighted by Gasteiger charge is 2.34. The molecule has 2 atom stereocenters. The van der Waals surface area contributed by atoms with Gasteiger partial charge in [0.15, 0.2) is 0 Å². The Balaban J connectivity index is 2.24. The van der Waals surface area contributed by atoms with E-state index in [4.69, 9.17) is 9.47 Å². The standard InChI is InChI=1S/C11H20O2S/c1-5-6-12-7-9-8-14-10(13-9)11(2,3)4/h5,9-10H,1,6-8H2,2-4H3. The Hall–Kier alpha value is 0.01000. The van der Waals surface area contributed by atoms with Crippen LogP contribution in [-0.4, -0.2) is 30.5 Å². The van der Waals surface area contributed by atoms with Crippen LogP contribution in [0, 0.1) is 5.41 Å². The molecule has 0 aromatic carbocycles. The predicted octanol–water partition coefficient (Wildman–Crippen LogP) is 2.69. The van der Waals surface area contributed by atoms with Crippen molar-refractivity contribution in [3.63, 3.8) is 0 Å². The lowest BCUT2D eigenvalue weighted by Crippen LogP contribution is -2.26. The normalized spacial score (nSPS) is 27.9. The van der Waals surface area contributed by atoms with E-state index in [-0.39, 0.29) is 11.5 Å². The Morgan fingerprint density at radius 3 is 2.79 bits per heavy atom. The molecule has 3 heteroatoms. The third-order valence-electron chi connectivity index (χ3n) is 2.00. The molecule has 0 spiro atoms. The Labute approximate surface area is 91.0 Å². The molecular formula is C11H20O2S. The van der Waals surface area contributed by atoms with E-state index in [1.54, 1.807) is 6.08 Å². The Kier molecular flexibility index (Phi) is 4.48. The Bertz CT molecular complexity index is 186. The van der Waals surface area contributed by atoms with Crippen molar-refractivity contribution in [1.29, 1.82) is 0 Å². The number of ether oxygens (including phenoxy) is 2. The van der Waals surface area contributed by atoms with Crippen LogP contribution in [0.2, 0.25) is 0 Å². The van der Waals surface area contributed by atoms with Crippen molar-refractivity contribution in [3.05, 3.63) is 12.7 Å². The molecule has 1 rings (SSSR count). The van der Waals surface area contributed by atoms with E-state index in [0.717, 1.165) is 5.75 Å². The molecule has 0 radical (unpaired) electrons. The second kappa shape index (κ2) is 5.19. The minimum absolute atomic E-state index is 0.220. The fourth-order valence-corrected chi connectivity index (χ4v) is 2.57. The lowest BCUT2D eigenvalue weighted by molar-refractivity contribution is -0.0288. The Morgan fingerprint density at radius 1 is 1.57 bits per heavy atom. The van der Waals surface area contributed by atoms with E-state index in [1.807, 2.05) is 11.8 Å². The van der Waals surface area contributed by atoms with Gasteiger partial charge in [-0.2, -0.15) is 0 Å². The summed E-state index contributed by atoms with van der Waals surface area (Å²) in [5, 5.41) is 0. The summed E-state index contributed by atoms with van der Waals surface area (Å²) >= 11 is 1.89. The lowest BCUT2D eigenvalue weighted by atomic mass is 9.98. The highest BCUT2D eigenvalue weighted by atomic mass is 32.2. The molecular weight excluding hydrogens is 196 g/mol. The van der Waals surface area contributed by atoms with Gasteiger partial charge in [0.05, 0.1) is 19.3 Å². The maximum Gasteiger partial charge on any atom is 0.108 e. The van der Waals surface area contributed by atoms with Crippen LogP contribution in [-0.2, 0) is 9.47 Å². The summed E-state index contributed by atoms with van der Waals surface area (Å²) < 4.78 is 11.2. The van der Waals surface area contributed by atoms with Crippen molar-refractivity contribution in [2.45, 2.75) is 32.3 Å². The molecule has 0 bridgehead atoms. The van der Waals surface area contributed by atoms with Gasteiger partial charge in [0.2, 0.25) is 0 Å². The van der Waals surface area contributed by atoms with E-state index < -0.39 is 0 Å². The summed E-state index contributed by atoms with van der Waals surface area (Å²) in [6, 6.07) is 0. The molecule has 0 saturated carbocycles. The van der Waals surface area contributed by atoms with Gasteiger partial charge in [-0.1, -0.05) is 26.8 Å². The first-order chi connectivity index (χ1) is 6.54. The topological polar surface area (TPSA) is 18.5 Å². The zero-order valence-electron chi connectivity index (χ0n) is 9.29. The monoisotopic (exact) mass is 216 g/mol. The van der Waals surface area contributed by atoms with Crippen molar-refractivity contribution >= 4 is 11.8 Å². The van der Waals surface area contributed by atoms with Crippen LogP contribution < -0.4 is 0 Å². The molecule has 82 valence electrons. The van der Waals surface area contributed by atoms with Gasteiger partial charge in [-0.25, -0.2) is 0 Å². The third-order valence-corrected chi connectivity index (χ3v) is 3.68. The summed E-state index contributed by atoms with van der Waals surface area (Å²) in [4.78, 5) is 0. The fourth-order valence-electron chi connectivity index (χ4n) is 1.27. The van der Waals surface area contributed by atoms with E-state index in [2.05, 4.69) is 27.4 Å². The first-order valence-corrected chi connectivity index (χ1v) is 6.04. The Morgan fingerprint density at radius 2 is 2.29 bits per heavy atom. The fraction of sp³-hybridized carbons (Fsp3) is 0.818. The second-order valence-corrected chi connectivity index (χ2v) is 5.71. The number of rotatable bonds is 4. The second-order valence-electron chi connectivity index (χ2n) is 4.62. The van der Waals surface area contributed by atoms with E-state index in [0.29, 0.717) is 18.6 Å². The molecule has 1 aliphatic heterocycles. The van der Waals surface area contributed by atoms with Crippen LogP contribution >= 0.6 is 11.8 Å². The van der Waals surface area contributed by atoms with Crippen molar-refractivity contribution in [2.75, 3.05) is 19.0 Å². The van der Waals surface area contributed by atoms with Crippen LogP contribution in [0.1, 0.15) is 20.8 Å². The van der Waals surface area contributed by atoms with Gasteiger partial charge in [-0.15, -0.1) is 18.3 Å². The van der Waals surface area contributed by atoms with Crippen molar-refractivity contribution in [3.8, 4) is 0 Å². The van der Waals surface area contributed by atoms with Crippen molar-refractivity contribution in [1.82, 2.24) is 0 Å². The maximum absolute atomic E-state index is 5.88. The van der Waals surface area contributed by atoms with Gasteiger partial charge in [-0.3, -0.25) is 0 Å². The highest BCUT2D eigenvalue weighted by Crippen LogP contribution is 2.37. The molecule has 0 aromatic heterocycles. The predicted molar refractivity (Wildman–Crippen MR) is 61.6 cm³/mol. The van der Waals surface area contributed by atoms with Crippen LogP contribution in [0.3, 0.4) is 0 Å². The van der Waals surface area contributed by atoms with Gasteiger partial charge in [0.1, 0.15) is 5.44 Å². The summed E-state index contributed by atoms with van der Waals surface area (Å²) in [6.45, 7) is 11.5. The molecule has 2 unspecified atom stereocenters. The van der Waals surface area contributed by atoms with Crippen molar-refractivity contribution in [2.24, 2.45) is 5.41 Å². The maximum atomic E-state index is 5.88.